The minimum atomic E-state index is 0.843. The van der Waals surface area contributed by atoms with Crippen LogP contribution in [0, 0.1) is 0 Å². The zero-order chi connectivity index (χ0) is 32.5. The van der Waals surface area contributed by atoms with Gasteiger partial charge in [-0.2, -0.15) is 0 Å². The number of hydrogen-bond donors (Lipinski definition) is 1. The molecule has 0 aliphatic rings. The van der Waals surface area contributed by atoms with Crippen LogP contribution >= 0.6 is 23.1 Å². The van der Waals surface area contributed by atoms with E-state index in [1.54, 1.807) is 0 Å². The van der Waals surface area contributed by atoms with Gasteiger partial charge in [-0.1, -0.05) is 103 Å². The van der Waals surface area contributed by atoms with E-state index in [0.29, 0.717) is 0 Å². The van der Waals surface area contributed by atoms with Crippen LogP contribution in [0.4, 0.5) is 5.69 Å². The van der Waals surface area contributed by atoms with Crippen LogP contribution in [-0.2, 0) is 5.75 Å². The van der Waals surface area contributed by atoms with E-state index in [1.165, 1.54) is 85.9 Å². The summed E-state index contributed by atoms with van der Waals surface area (Å²) in [4.78, 5) is 1.13. The van der Waals surface area contributed by atoms with Crippen molar-refractivity contribution in [1.82, 2.24) is 4.57 Å². The number of nitrogen functional groups attached to an aromatic ring is 1. The van der Waals surface area contributed by atoms with Gasteiger partial charge in [0.15, 0.2) is 0 Å². The van der Waals surface area contributed by atoms with Crippen LogP contribution in [0.1, 0.15) is 5.56 Å². The maximum atomic E-state index is 6.94. The number of anilines is 1. The molecule has 0 unspecified atom stereocenters. The normalized spacial score (nSPS) is 11.9. The number of nitrogens with zero attached hydrogens (tertiary/aromatic N) is 1. The van der Waals surface area contributed by atoms with E-state index in [9.17, 15) is 0 Å². The Hall–Kier alpha value is -5.55. The number of thioether (sulfide) groups is 1. The molecule has 0 saturated heterocycles. The molecule has 0 atom stereocenters. The molecule has 2 nitrogen and oxygen atoms in total. The van der Waals surface area contributed by atoms with Crippen molar-refractivity contribution in [3.05, 3.63) is 163 Å². The molecule has 0 saturated carbocycles. The van der Waals surface area contributed by atoms with E-state index in [4.69, 9.17) is 5.73 Å². The fourth-order valence-corrected chi connectivity index (χ4v) is 9.50. The van der Waals surface area contributed by atoms with Crippen LogP contribution in [-0.4, -0.2) is 4.57 Å². The summed E-state index contributed by atoms with van der Waals surface area (Å²) in [6.07, 6.45) is 0. The van der Waals surface area contributed by atoms with Gasteiger partial charge in [0.1, 0.15) is 0 Å². The molecular weight excluding hydrogens is 633 g/mol. The molecule has 10 rings (SSSR count). The Morgan fingerprint density at radius 2 is 1.24 bits per heavy atom. The highest BCUT2D eigenvalue weighted by molar-refractivity contribution is 7.98. The second-order valence-corrected chi connectivity index (χ2v) is 14.8. The monoisotopic (exact) mass is 662 g/mol. The van der Waals surface area contributed by atoms with Gasteiger partial charge in [-0.3, -0.25) is 0 Å². The lowest BCUT2D eigenvalue weighted by Crippen LogP contribution is -1.95. The first-order chi connectivity index (χ1) is 24.2. The Balaban J connectivity index is 1.01. The smallest absolute Gasteiger partial charge is 0.0547 e. The first kappa shape index (κ1) is 28.5. The molecule has 0 spiro atoms. The summed E-state index contributed by atoms with van der Waals surface area (Å²) in [7, 11) is 0. The Labute approximate surface area is 292 Å². The van der Waals surface area contributed by atoms with E-state index in [0.717, 1.165) is 16.3 Å². The molecule has 0 radical (unpaired) electrons. The third-order valence-corrected chi connectivity index (χ3v) is 12.1. The number of benzene rings is 8. The number of rotatable bonds is 5. The fourth-order valence-electron chi connectivity index (χ4n) is 7.47. The lowest BCUT2D eigenvalue weighted by Gasteiger charge is -2.11. The van der Waals surface area contributed by atoms with Crippen LogP contribution in [0.15, 0.2) is 163 Å². The first-order valence-electron chi connectivity index (χ1n) is 16.6. The van der Waals surface area contributed by atoms with E-state index < -0.39 is 0 Å². The summed E-state index contributed by atoms with van der Waals surface area (Å²) in [5.74, 6) is 0.843. The Kier molecular flexibility index (Phi) is 6.55. The number of nitrogens with two attached hydrogens (primary N) is 1. The van der Waals surface area contributed by atoms with Crippen molar-refractivity contribution in [2.75, 3.05) is 5.73 Å². The van der Waals surface area contributed by atoms with Crippen molar-refractivity contribution in [2.45, 2.75) is 10.6 Å². The standard InChI is InChI=1S/C45H30N2S2/c46-45-42(23-22-41-44(45)37-25-33(17-21-40(37)49-41)29-8-2-1-3-9-29)48-27-28-14-18-34(19-15-28)47-38-20-16-30-10-6-7-13-35(30)43(38)36-24-31-11-4-5-12-32(31)26-39(36)47/h1-26H,27,46H2. The highest BCUT2D eigenvalue weighted by atomic mass is 32.2. The summed E-state index contributed by atoms with van der Waals surface area (Å²) < 4.78 is 4.93. The minimum Gasteiger partial charge on any atom is -0.397 e. The van der Waals surface area contributed by atoms with Gasteiger partial charge in [-0.15, -0.1) is 23.1 Å². The van der Waals surface area contributed by atoms with Gasteiger partial charge in [-0.05, 0) is 92.8 Å². The van der Waals surface area contributed by atoms with Gasteiger partial charge in [0.05, 0.1) is 16.7 Å². The predicted octanol–water partition coefficient (Wildman–Crippen LogP) is 13.0. The zero-order valence-electron chi connectivity index (χ0n) is 26.6. The SMILES string of the molecule is Nc1c(SCc2ccc(-n3c4cc5ccccc5cc4c4c5ccccc5ccc43)cc2)ccc2sc3ccc(-c4ccccc4)cc3c12. The highest BCUT2D eigenvalue weighted by Gasteiger charge is 2.17. The van der Waals surface area contributed by atoms with Gasteiger partial charge >= 0.3 is 0 Å². The first-order valence-corrected chi connectivity index (χ1v) is 18.4. The molecule has 232 valence electrons. The van der Waals surface area contributed by atoms with Gasteiger partial charge in [0.2, 0.25) is 0 Å². The van der Waals surface area contributed by atoms with E-state index in [2.05, 4.69) is 162 Å². The van der Waals surface area contributed by atoms with E-state index in [1.807, 2.05) is 23.1 Å². The number of thiophene rings is 1. The molecule has 0 aliphatic carbocycles. The molecule has 0 bridgehead atoms. The van der Waals surface area contributed by atoms with Crippen LogP contribution in [0.25, 0.3) is 80.3 Å². The minimum absolute atomic E-state index is 0.843. The van der Waals surface area contributed by atoms with Crippen molar-refractivity contribution in [3.63, 3.8) is 0 Å². The van der Waals surface area contributed by atoms with Crippen LogP contribution in [0.3, 0.4) is 0 Å². The van der Waals surface area contributed by atoms with Crippen molar-refractivity contribution in [1.29, 1.82) is 0 Å². The van der Waals surface area contributed by atoms with Gasteiger partial charge in [-0.25, -0.2) is 0 Å². The topological polar surface area (TPSA) is 30.9 Å². The van der Waals surface area contributed by atoms with Crippen molar-refractivity contribution >= 4 is 92.3 Å². The van der Waals surface area contributed by atoms with Crippen molar-refractivity contribution < 1.29 is 0 Å². The van der Waals surface area contributed by atoms with Gasteiger partial charge in [0, 0.05) is 47.3 Å². The largest absolute Gasteiger partial charge is 0.397 e. The third kappa shape index (κ3) is 4.63. The maximum Gasteiger partial charge on any atom is 0.0547 e. The Bertz CT molecular complexity index is 2880. The molecule has 0 amide bonds. The molecule has 0 fully saturated rings. The molecule has 2 aromatic heterocycles. The lowest BCUT2D eigenvalue weighted by molar-refractivity contribution is 1.17. The summed E-state index contributed by atoms with van der Waals surface area (Å²) in [6.45, 7) is 0. The number of hydrogen-bond acceptors (Lipinski definition) is 3. The second kappa shape index (κ2) is 11.3. The van der Waals surface area contributed by atoms with Crippen molar-refractivity contribution in [2.24, 2.45) is 0 Å². The molecule has 2 N–H and O–H groups in total. The van der Waals surface area contributed by atoms with Crippen molar-refractivity contribution in [3.8, 4) is 16.8 Å². The summed E-state index contributed by atoms with van der Waals surface area (Å²) in [5, 5.41) is 10.1. The van der Waals surface area contributed by atoms with Gasteiger partial charge < -0.3 is 10.3 Å². The molecule has 0 aliphatic heterocycles. The maximum absolute atomic E-state index is 6.94. The zero-order valence-corrected chi connectivity index (χ0v) is 28.2. The summed E-state index contributed by atoms with van der Waals surface area (Å²) in [5.41, 5.74) is 15.1. The van der Waals surface area contributed by atoms with E-state index in [-0.39, 0.29) is 0 Å². The van der Waals surface area contributed by atoms with E-state index >= 15 is 0 Å². The Morgan fingerprint density at radius 3 is 2.08 bits per heavy atom. The molecule has 10 aromatic rings. The lowest BCUT2D eigenvalue weighted by atomic mass is 10.0. The second-order valence-electron chi connectivity index (χ2n) is 12.7. The molecule has 8 aromatic carbocycles. The molecular formula is C45H30N2S2. The summed E-state index contributed by atoms with van der Waals surface area (Å²) >= 11 is 3.63. The fraction of sp³-hybridized carbons (Fsp3) is 0.0222. The predicted molar refractivity (Wildman–Crippen MR) is 215 cm³/mol. The third-order valence-electron chi connectivity index (χ3n) is 9.85. The average molecular weight is 663 g/mol. The highest BCUT2D eigenvalue weighted by Crippen LogP contribution is 2.44. The van der Waals surface area contributed by atoms with Crippen LogP contribution in [0.2, 0.25) is 0 Å². The number of aromatic nitrogens is 1. The summed E-state index contributed by atoms with van der Waals surface area (Å²) in [6, 6.07) is 57.4. The molecule has 2 heterocycles. The van der Waals surface area contributed by atoms with Crippen LogP contribution < -0.4 is 5.73 Å². The number of fused-ring (bicyclic) bond motifs is 9. The quantitative estimate of drug-likeness (QED) is 0.147. The molecule has 4 heteroatoms. The Morgan fingerprint density at radius 1 is 0.510 bits per heavy atom. The average Bonchev–Trinajstić information content (AvgIpc) is 3.69. The molecule has 49 heavy (non-hydrogen) atoms. The van der Waals surface area contributed by atoms with Gasteiger partial charge in [0.25, 0.3) is 0 Å². The van der Waals surface area contributed by atoms with Crippen LogP contribution in [0.5, 0.6) is 0 Å².